The summed E-state index contributed by atoms with van der Waals surface area (Å²) in [6.07, 6.45) is 2.89. The third-order valence-corrected chi connectivity index (χ3v) is 6.22. The maximum absolute atomic E-state index is 13.4. The molecule has 6 nitrogen and oxygen atoms in total. The van der Waals surface area contributed by atoms with Crippen molar-refractivity contribution in [1.29, 1.82) is 0 Å². The van der Waals surface area contributed by atoms with Crippen molar-refractivity contribution in [1.82, 2.24) is 4.90 Å². The molecule has 1 aliphatic rings. The summed E-state index contributed by atoms with van der Waals surface area (Å²) in [6, 6.07) is 4.76. The number of hydrogen-bond acceptors (Lipinski definition) is 5. The molecule has 0 bridgehead atoms. The first-order chi connectivity index (χ1) is 13.1. The number of nitrogens with zero attached hydrogens (tertiary/aromatic N) is 1. The van der Waals surface area contributed by atoms with E-state index in [2.05, 4.69) is 4.90 Å². The van der Waals surface area contributed by atoms with Crippen LogP contribution in [0.1, 0.15) is 50.6 Å². The molecular weight excluding hydrogens is 385 g/mol. The van der Waals surface area contributed by atoms with E-state index in [9.17, 15) is 14.3 Å². The van der Waals surface area contributed by atoms with E-state index in [1.165, 1.54) is 6.07 Å². The highest BCUT2D eigenvalue weighted by molar-refractivity contribution is 6.40. The van der Waals surface area contributed by atoms with Gasteiger partial charge in [-0.1, -0.05) is 30.5 Å². The standard InChI is InChI=1S/C19H29BClFN2O4/c1-13(14-4-5-17(22)16(21)12-14)24-10-6-15(7-11-24)19(23,18(25)26)8-2-3-9-20(27)28/h4-5,12-13,15,27-28H,2-3,6-11,23H2,1H3,(H,25,26)/t13?,19-/m0/s1. The first-order valence-corrected chi connectivity index (χ1v) is 10.1. The van der Waals surface area contributed by atoms with Crippen molar-refractivity contribution in [3.8, 4) is 0 Å². The SMILES string of the molecule is CC(c1ccc(F)c(Cl)c1)N1CCC([C@@](N)(CCCCB(O)O)C(=O)O)CC1. The maximum Gasteiger partial charge on any atom is 0.451 e. The van der Waals surface area contributed by atoms with Crippen molar-refractivity contribution in [2.45, 2.75) is 56.9 Å². The number of rotatable bonds is 9. The van der Waals surface area contributed by atoms with Gasteiger partial charge < -0.3 is 20.9 Å². The van der Waals surface area contributed by atoms with Crippen LogP contribution in [-0.2, 0) is 4.79 Å². The highest BCUT2D eigenvalue weighted by Crippen LogP contribution is 2.34. The second-order valence-corrected chi connectivity index (χ2v) is 8.14. The zero-order valence-electron chi connectivity index (χ0n) is 16.2. The van der Waals surface area contributed by atoms with Gasteiger partial charge in [-0.05, 0) is 69.2 Å². The van der Waals surface area contributed by atoms with Crippen molar-refractivity contribution >= 4 is 24.7 Å². The van der Waals surface area contributed by atoms with Crippen LogP contribution in [0.15, 0.2) is 18.2 Å². The van der Waals surface area contributed by atoms with Crippen molar-refractivity contribution in [2.24, 2.45) is 11.7 Å². The first-order valence-electron chi connectivity index (χ1n) is 9.72. The number of carboxylic acid groups (broad SMARTS) is 1. The van der Waals surface area contributed by atoms with Gasteiger partial charge in [-0.3, -0.25) is 9.69 Å². The maximum atomic E-state index is 13.4. The molecule has 0 aromatic heterocycles. The number of likely N-dealkylation sites (tertiary alicyclic amines) is 1. The number of nitrogens with two attached hydrogens (primary N) is 1. The molecule has 1 aliphatic heterocycles. The Morgan fingerprint density at radius 1 is 1.39 bits per heavy atom. The van der Waals surface area contributed by atoms with Crippen molar-refractivity contribution in [3.63, 3.8) is 0 Å². The summed E-state index contributed by atoms with van der Waals surface area (Å²) >= 11 is 5.89. The third kappa shape index (κ3) is 5.67. The van der Waals surface area contributed by atoms with Gasteiger partial charge in [0.25, 0.3) is 0 Å². The van der Waals surface area contributed by atoms with Crippen LogP contribution in [0.4, 0.5) is 4.39 Å². The molecule has 0 spiro atoms. The lowest BCUT2D eigenvalue weighted by molar-refractivity contribution is -0.147. The van der Waals surface area contributed by atoms with E-state index in [0.29, 0.717) is 45.2 Å². The average molecular weight is 415 g/mol. The molecule has 0 amide bonds. The van der Waals surface area contributed by atoms with Gasteiger partial charge in [-0.2, -0.15) is 0 Å². The molecule has 1 aromatic rings. The molecule has 0 saturated carbocycles. The molecule has 1 aromatic carbocycles. The van der Waals surface area contributed by atoms with Crippen LogP contribution in [0, 0.1) is 11.7 Å². The summed E-state index contributed by atoms with van der Waals surface area (Å²) in [4.78, 5) is 14.1. The largest absolute Gasteiger partial charge is 0.480 e. The van der Waals surface area contributed by atoms with Gasteiger partial charge in [0, 0.05) is 6.04 Å². The van der Waals surface area contributed by atoms with Crippen molar-refractivity contribution in [3.05, 3.63) is 34.6 Å². The molecule has 1 heterocycles. The zero-order valence-corrected chi connectivity index (χ0v) is 16.9. The quantitative estimate of drug-likeness (QED) is 0.365. The van der Waals surface area contributed by atoms with Gasteiger partial charge in [0.2, 0.25) is 0 Å². The number of piperidine rings is 1. The minimum atomic E-state index is -1.37. The lowest BCUT2D eigenvalue weighted by Crippen LogP contribution is -2.57. The van der Waals surface area contributed by atoms with Crippen molar-refractivity contribution < 1.29 is 24.3 Å². The summed E-state index contributed by atoms with van der Waals surface area (Å²) in [5.74, 6) is -1.60. The molecule has 28 heavy (non-hydrogen) atoms. The molecule has 0 aliphatic carbocycles. The van der Waals surface area contributed by atoms with E-state index in [-0.39, 0.29) is 23.3 Å². The number of unbranched alkanes of at least 4 members (excludes halogenated alkanes) is 1. The van der Waals surface area contributed by atoms with Crippen molar-refractivity contribution in [2.75, 3.05) is 13.1 Å². The number of hydrogen-bond donors (Lipinski definition) is 4. The smallest absolute Gasteiger partial charge is 0.451 e. The number of aliphatic carboxylic acids is 1. The minimum Gasteiger partial charge on any atom is -0.480 e. The molecule has 9 heteroatoms. The van der Waals surface area contributed by atoms with Crippen LogP contribution >= 0.6 is 11.6 Å². The van der Waals surface area contributed by atoms with Crippen LogP contribution in [0.2, 0.25) is 11.3 Å². The Bertz CT molecular complexity index is 673. The Morgan fingerprint density at radius 3 is 2.57 bits per heavy atom. The molecular formula is C19H29BClFN2O4. The summed E-state index contributed by atoms with van der Waals surface area (Å²) in [5.41, 5.74) is 5.91. The monoisotopic (exact) mass is 414 g/mol. The molecule has 2 rings (SSSR count). The summed E-state index contributed by atoms with van der Waals surface area (Å²) in [6.45, 7) is 3.42. The molecule has 1 fully saturated rings. The molecule has 5 N–H and O–H groups in total. The van der Waals surface area contributed by atoms with Gasteiger partial charge in [0.15, 0.2) is 0 Å². The lowest BCUT2D eigenvalue weighted by atomic mass is 9.74. The summed E-state index contributed by atoms with van der Waals surface area (Å²) in [5, 5.41) is 27.7. The van der Waals surface area contributed by atoms with Crippen LogP contribution in [0.5, 0.6) is 0 Å². The topological polar surface area (TPSA) is 107 Å². The Balaban J connectivity index is 1.95. The van der Waals surface area contributed by atoms with E-state index in [1.54, 1.807) is 12.1 Å². The lowest BCUT2D eigenvalue weighted by Gasteiger charge is -2.42. The third-order valence-electron chi connectivity index (χ3n) is 5.93. The van der Waals surface area contributed by atoms with Crippen LogP contribution in [-0.4, -0.2) is 51.8 Å². The van der Waals surface area contributed by atoms with E-state index in [0.717, 1.165) is 5.56 Å². The second kappa shape index (κ2) is 10.0. The fraction of sp³-hybridized carbons (Fsp3) is 0.632. The molecule has 156 valence electrons. The van der Waals surface area contributed by atoms with Gasteiger partial charge in [0.05, 0.1) is 5.02 Å². The molecule has 1 saturated heterocycles. The number of carboxylic acids is 1. The summed E-state index contributed by atoms with van der Waals surface area (Å²) in [7, 11) is -1.37. The molecule has 0 radical (unpaired) electrons. The zero-order chi connectivity index (χ0) is 20.9. The highest BCUT2D eigenvalue weighted by atomic mass is 35.5. The van der Waals surface area contributed by atoms with Gasteiger partial charge in [0.1, 0.15) is 11.4 Å². The first kappa shape index (κ1) is 23.1. The highest BCUT2D eigenvalue weighted by Gasteiger charge is 2.43. The van der Waals surface area contributed by atoms with Crippen LogP contribution in [0.25, 0.3) is 0 Å². The van der Waals surface area contributed by atoms with Gasteiger partial charge in [-0.25, -0.2) is 4.39 Å². The fourth-order valence-corrected chi connectivity index (χ4v) is 4.20. The fourth-order valence-electron chi connectivity index (χ4n) is 4.02. The Kier molecular flexibility index (Phi) is 8.27. The Labute approximate surface area is 170 Å². The average Bonchev–Trinajstić information content (AvgIpc) is 2.66. The number of benzene rings is 1. The van der Waals surface area contributed by atoms with Crippen LogP contribution in [0.3, 0.4) is 0 Å². The predicted octanol–water partition coefficient (Wildman–Crippen LogP) is 2.68. The predicted molar refractivity (Wildman–Crippen MR) is 108 cm³/mol. The van der Waals surface area contributed by atoms with E-state index in [1.807, 2.05) is 6.92 Å². The normalized spacial score (nSPS) is 19.2. The number of halogens is 2. The van der Waals surface area contributed by atoms with E-state index in [4.69, 9.17) is 27.4 Å². The Morgan fingerprint density at radius 2 is 2.04 bits per heavy atom. The van der Waals surface area contributed by atoms with E-state index < -0.39 is 24.4 Å². The second-order valence-electron chi connectivity index (χ2n) is 7.73. The molecule has 2 atom stereocenters. The van der Waals surface area contributed by atoms with Crippen LogP contribution < -0.4 is 5.73 Å². The summed E-state index contributed by atoms with van der Waals surface area (Å²) < 4.78 is 13.4. The van der Waals surface area contributed by atoms with E-state index >= 15 is 0 Å². The Hall–Kier alpha value is -1.19. The van der Waals surface area contributed by atoms with Gasteiger partial charge in [-0.15, -0.1) is 0 Å². The molecule has 1 unspecified atom stereocenters. The number of carbonyl (C=O) groups is 1. The van der Waals surface area contributed by atoms with Gasteiger partial charge >= 0.3 is 13.1 Å². The minimum absolute atomic E-state index is 0.0436.